The van der Waals surface area contributed by atoms with Crippen LogP contribution in [-0.4, -0.2) is 17.0 Å². The maximum Gasteiger partial charge on any atom is 0.307 e. The van der Waals surface area contributed by atoms with Crippen molar-refractivity contribution in [2.24, 2.45) is 11.8 Å². The molecule has 0 saturated carbocycles. The van der Waals surface area contributed by atoms with Crippen molar-refractivity contribution in [1.82, 2.24) is 0 Å². The Bertz CT molecular complexity index is 454. The van der Waals surface area contributed by atoms with Crippen molar-refractivity contribution in [3.63, 3.8) is 0 Å². The Kier molecular flexibility index (Phi) is 5.55. The summed E-state index contributed by atoms with van der Waals surface area (Å²) in [5.74, 6) is -0.128. The molecule has 0 fully saturated rings. The third kappa shape index (κ3) is 5.55. The molecule has 104 valence electrons. The predicted octanol–water partition coefficient (Wildman–Crippen LogP) is 2.93. The van der Waals surface area contributed by atoms with Gasteiger partial charge in [-0.05, 0) is 29.5 Å². The largest absolute Gasteiger partial charge is 0.481 e. The Hall–Kier alpha value is -1.84. The first-order valence-corrected chi connectivity index (χ1v) is 6.49. The Morgan fingerprint density at radius 3 is 2.53 bits per heavy atom. The molecule has 0 heterocycles. The zero-order valence-electron chi connectivity index (χ0n) is 11.6. The molecule has 0 aliphatic carbocycles. The zero-order chi connectivity index (χ0) is 14.4. The smallest absolute Gasteiger partial charge is 0.307 e. The van der Waals surface area contributed by atoms with Crippen molar-refractivity contribution in [3.05, 3.63) is 29.8 Å². The number of carbonyl (C=O) groups is 2. The molecule has 0 aliphatic rings. The summed E-state index contributed by atoms with van der Waals surface area (Å²) in [7, 11) is 0. The molecule has 1 aromatic carbocycles. The van der Waals surface area contributed by atoms with Crippen LogP contribution in [-0.2, 0) is 16.0 Å². The number of anilines is 1. The molecule has 0 radical (unpaired) electrons. The average Bonchev–Trinajstić information content (AvgIpc) is 2.27. The van der Waals surface area contributed by atoms with E-state index in [-0.39, 0.29) is 12.3 Å². The highest BCUT2D eigenvalue weighted by Crippen LogP contribution is 2.16. The highest BCUT2D eigenvalue weighted by molar-refractivity contribution is 5.91. The van der Waals surface area contributed by atoms with E-state index in [0.717, 1.165) is 0 Å². The van der Waals surface area contributed by atoms with Crippen LogP contribution in [0.5, 0.6) is 0 Å². The summed E-state index contributed by atoms with van der Waals surface area (Å²) in [5, 5.41) is 11.5. The Balaban J connectivity index is 2.61. The lowest BCUT2D eigenvalue weighted by Gasteiger charge is -2.15. The number of nitrogens with one attached hydrogen (secondary N) is 1. The van der Waals surface area contributed by atoms with Crippen molar-refractivity contribution < 1.29 is 14.7 Å². The fourth-order valence-electron chi connectivity index (χ4n) is 1.67. The van der Waals surface area contributed by atoms with E-state index in [2.05, 4.69) is 19.2 Å². The number of rotatable bonds is 6. The topological polar surface area (TPSA) is 66.4 Å². The summed E-state index contributed by atoms with van der Waals surface area (Å²) < 4.78 is 0. The maximum absolute atomic E-state index is 11.8. The number of benzene rings is 1. The van der Waals surface area contributed by atoms with Gasteiger partial charge in [0.25, 0.3) is 0 Å². The van der Waals surface area contributed by atoms with Gasteiger partial charge < -0.3 is 10.4 Å². The van der Waals surface area contributed by atoms with Gasteiger partial charge in [0.2, 0.25) is 5.91 Å². The maximum atomic E-state index is 11.8. The van der Waals surface area contributed by atoms with E-state index in [9.17, 15) is 9.59 Å². The number of carboxylic acid groups (broad SMARTS) is 1. The van der Waals surface area contributed by atoms with E-state index in [1.165, 1.54) is 0 Å². The summed E-state index contributed by atoms with van der Waals surface area (Å²) >= 11 is 0. The van der Waals surface area contributed by atoms with Crippen molar-refractivity contribution in [3.8, 4) is 0 Å². The predicted molar refractivity (Wildman–Crippen MR) is 75.0 cm³/mol. The first-order chi connectivity index (χ1) is 8.88. The summed E-state index contributed by atoms with van der Waals surface area (Å²) in [6, 6.07) is 6.95. The molecule has 19 heavy (non-hydrogen) atoms. The highest BCUT2D eigenvalue weighted by Gasteiger charge is 2.12. The van der Waals surface area contributed by atoms with E-state index in [0.29, 0.717) is 29.5 Å². The quantitative estimate of drug-likeness (QED) is 0.829. The lowest BCUT2D eigenvalue weighted by molar-refractivity contribution is -0.136. The molecule has 2 N–H and O–H groups in total. The van der Waals surface area contributed by atoms with Gasteiger partial charge in [-0.25, -0.2) is 0 Å². The molecule has 1 amide bonds. The summed E-state index contributed by atoms with van der Waals surface area (Å²) in [6.07, 6.45) is 0.437. The molecule has 0 saturated heterocycles. The first-order valence-electron chi connectivity index (χ1n) is 6.49. The third-order valence-corrected chi connectivity index (χ3v) is 3.21. The van der Waals surface area contributed by atoms with E-state index >= 15 is 0 Å². The van der Waals surface area contributed by atoms with E-state index in [4.69, 9.17) is 5.11 Å². The normalized spacial score (nSPS) is 12.2. The van der Waals surface area contributed by atoms with Crippen LogP contribution in [0.4, 0.5) is 5.69 Å². The number of aliphatic carboxylic acids is 1. The van der Waals surface area contributed by atoms with Crippen molar-refractivity contribution in [1.29, 1.82) is 0 Å². The SMILES string of the molecule is CC(C)C(C)CC(=O)Nc1cccc(CC(=O)O)c1. The van der Waals surface area contributed by atoms with Gasteiger partial charge in [0.15, 0.2) is 0 Å². The van der Waals surface area contributed by atoms with E-state index in [1.54, 1.807) is 24.3 Å². The zero-order valence-corrected chi connectivity index (χ0v) is 11.6. The first kappa shape index (κ1) is 15.2. The van der Waals surface area contributed by atoms with E-state index < -0.39 is 5.97 Å². The fraction of sp³-hybridized carbons (Fsp3) is 0.467. The Morgan fingerprint density at radius 1 is 1.26 bits per heavy atom. The number of hydrogen-bond acceptors (Lipinski definition) is 2. The van der Waals surface area contributed by atoms with Crippen LogP contribution < -0.4 is 5.32 Å². The van der Waals surface area contributed by atoms with Crippen LogP contribution in [0.3, 0.4) is 0 Å². The fourth-order valence-corrected chi connectivity index (χ4v) is 1.67. The van der Waals surface area contributed by atoms with Gasteiger partial charge in [-0.3, -0.25) is 9.59 Å². The van der Waals surface area contributed by atoms with E-state index in [1.807, 2.05) is 6.92 Å². The average molecular weight is 263 g/mol. The van der Waals surface area contributed by atoms with Crippen molar-refractivity contribution in [2.45, 2.75) is 33.6 Å². The summed E-state index contributed by atoms with van der Waals surface area (Å²) in [5.41, 5.74) is 1.34. The van der Waals surface area contributed by atoms with Gasteiger partial charge in [0, 0.05) is 12.1 Å². The van der Waals surface area contributed by atoms with Gasteiger partial charge in [-0.1, -0.05) is 32.9 Å². The highest BCUT2D eigenvalue weighted by atomic mass is 16.4. The van der Waals surface area contributed by atoms with Crippen molar-refractivity contribution in [2.75, 3.05) is 5.32 Å². The van der Waals surface area contributed by atoms with Gasteiger partial charge >= 0.3 is 5.97 Å². The van der Waals surface area contributed by atoms with Gasteiger partial charge in [0.1, 0.15) is 0 Å². The summed E-state index contributed by atoms with van der Waals surface area (Å²) in [6.45, 7) is 6.22. The van der Waals surface area contributed by atoms with Crippen LogP contribution in [0.2, 0.25) is 0 Å². The van der Waals surface area contributed by atoms with Crippen LogP contribution in [0.1, 0.15) is 32.8 Å². The standard InChI is InChI=1S/C15H21NO3/c1-10(2)11(3)7-14(17)16-13-6-4-5-12(8-13)9-15(18)19/h4-6,8,10-11H,7,9H2,1-3H3,(H,16,17)(H,18,19). The molecule has 0 aliphatic heterocycles. The number of carboxylic acids is 1. The minimum atomic E-state index is -0.878. The number of hydrogen-bond donors (Lipinski definition) is 2. The van der Waals surface area contributed by atoms with Crippen LogP contribution >= 0.6 is 0 Å². The minimum absolute atomic E-state index is 0.0336. The Labute approximate surface area is 113 Å². The second kappa shape index (κ2) is 6.92. The van der Waals surface area contributed by atoms with Gasteiger partial charge in [-0.15, -0.1) is 0 Å². The Morgan fingerprint density at radius 2 is 1.95 bits per heavy atom. The second-order valence-electron chi connectivity index (χ2n) is 5.24. The van der Waals surface area contributed by atoms with Gasteiger partial charge in [0.05, 0.1) is 6.42 Å². The molecule has 0 aromatic heterocycles. The molecule has 0 spiro atoms. The molecule has 1 rings (SSSR count). The molecule has 1 aromatic rings. The molecule has 4 nitrogen and oxygen atoms in total. The summed E-state index contributed by atoms with van der Waals surface area (Å²) in [4.78, 5) is 22.5. The van der Waals surface area contributed by atoms with Crippen LogP contribution in [0, 0.1) is 11.8 Å². The molecular formula is C15H21NO3. The minimum Gasteiger partial charge on any atom is -0.481 e. The monoisotopic (exact) mass is 263 g/mol. The van der Waals surface area contributed by atoms with Crippen LogP contribution in [0.25, 0.3) is 0 Å². The lowest BCUT2D eigenvalue weighted by atomic mass is 9.94. The molecule has 1 atom stereocenters. The molecular weight excluding hydrogens is 242 g/mol. The lowest BCUT2D eigenvalue weighted by Crippen LogP contribution is -2.18. The van der Waals surface area contributed by atoms with Crippen LogP contribution in [0.15, 0.2) is 24.3 Å². The van der Waals surface area contributed by atoms with Crippen molar-refractivity contribution >= 4 is 17.6 Å². The molecule has 1 unspecified atom stereocenters. The number of amides is 1. The number of carbonyl (C=O) groups excluding carboxylic acids is 1. The molecule has 0 bridgehead atoms. The van der Waals surface area contributed by atoms with Gasteiger partial charge in [-0.2, -0.15) is 0 Å². The third-order valence-electron chi connectivity index (χ3n) is 3.21. The second-order valence-corrected chi connectivity index (χ2v) is 5.24. The molecule has 4 heteroatoms.